The first-order valence-corrected chi connectivity index (χ1v) is 9.22. The van der Waals surface area contributed by atoms with Gasteiger partial charge >= 0.3 is 0 Å². The number of benzene rings is 2. The van der Waals surface area contributed by atoms with Crippen LogP contribution in [0.3, 0.4) is 0 Å². The maximum Gasteiger partial charge on any atom is 0.119 e. The van der Waals surface area contributed by atoms with Gasteiger partial charge in [-0.25, -0.2) is 0 Å². The van der Waals surface area contributed by atoms with Crippen LogP contribution in [0.4, 0.5) is 5.69 Å². The standard InChI is InChI=1S/C22H31NO/c1-4-5-6-7-8-15-24-21-12-10-20(11-13-21)17-23-22-14-9-18(2)16-19(22)3/h9-14,16,23H,4-8,15,17H2,1-3H3. The fourth-order valence-electron chi connectivity index (χ4n) is 2.81. The molecule has 0 atom stereocenters. The zero-order valence-electron chi connectivity index (χ0n) is 15.4. The van der Waals surface area contributed by atoms with E-state index >= 15 is 0 Å². The van der Waals surface area contributed by atoms with E-state index in [-0.39, 0.29) is 0 Å². The van der Waals surface area contributed by atoms with Crippen molar-refractivity contribution in [3.05, 3.63) is 59.2 Å². The minimum atomic E-state index is 0.823. The highest BCUT2D eigenvalue weighted by Gasteiger charge is 2.00. The quantitative estimate of drug-likeness (QED) is 0.520. The van der Waals surface area contributed by atoms with Gasteiger partial charge in [-0.2, -0.15) is 0 Å². The molecule has 0 heterocycles. The minimum absolute atomic E-state index is 0.823. The van der Waals surface area contributed by atoms with Crippen molar-refractivity contribution in [1.29, 1.82) is 0 Å². The van der Waals surface area contributed by atoms with E-state index in [0.29, 0.717) is 0 Å². The Morgan fingerprint density at radius 3 is 2.33 bits per heavy atom. The van der Waals surface area contributed by atoms with Crippen molar-refractivity contribution in [2.24, 2.45) is 0 Å². The Bertz CT molecular complexity index is 604. The van der Waals surface area contributed by atoms with Crippen LogP contribution >= 0.6 is 0 Å². The second-order valence-corrected chi connectivity index (χ2v) is 6.58. The molecule has 0 saturated heterocycles. The number of aryl methyl sites for hydroxylation is 2. The van der Waals surface area contributed by atoms with Crippen molar-refractivity contribution in [3.8, 4) is 5.75 Å². The first-order chi connectivity index (χ1) is 11.7. The van der Waals surface area contributed by atoms with Crippen LogP contribution in [0.1, 0.15) is 55.7 Å². The normalized spacial score (nSPS) is 10.6. The molecule has 0 amide bonds. The summed E-state index contributed by atoms with van der Waals surface area (Å²) in [6.45, 7) is 8.17. The predicted octanol–water partition coefficient (Wildman–Crippen LogP) is 6.26. The maximum atomic E-state index is 5.82. The number of rotatable bonds is 10. The van der Waals surface area contributed by atoms with Crippen molar-refractivity contribution < 1.29 is 4.74 Å². The number of anilines is 1. The largest absolute Gasteiger partial charge is 0.494 e. The lowest BCUT2D eigenvalue weighted by Gasteiger charge is -2.11. The summed E-state index contributed by atoms with van der Waals surface area (Å²) in [6, 6.07) is 14.9. The molecule has 0 aromatic heterocycles. The van der Waals surface area contributed by atoms with Crippen LogP contribution in [0.5, 0.6) is 5.75 Å². The van der Waals surface area contributed by atoms with Crippen molar-refractivity contribution in [3.63, 3.8) is 0 Å². The van der Waals surface area contributed by atoms with Gasteiger partial charge in [-0.15, -0.1) is 0 Å². The second kappa shape index (κ2) is 10.0. The van der Waals surface area contributed by atoms with Gasteiger partial charge in [-0.3, -0.25) is 0 Å². The van der Waals surface area contributed by atoms with Gasteiger partial charge in [-0.05, 0) is 49.6 Å². The van der Waals surface area contributed by atoms with Crippen molar-refractivity contribution >= 4 is 5.69 Å². The monoisotopic (exact) mass is 325 g/mol. The van der Waals surface area contributed by atoms with Crippen molar-refractivity contribution in [1.82, 2.24) is 0 Å². The molecule has 0 radical (unpaired) electrons. The van der Waals surface area contributed by atoms with Gasteiger partial charge in [0.05, 0.1) is 6.61 Å². The first-order valence-electron chi connectivity index (χ1n) is 9.22. The molecule has 0 aliphatic carbocycles. The van der Waals surface area contributed by atoms with Gasteiger partial charge in [0, 0.05) is 12.2 Å². The molecule has 0 aliphatic rings. The molecule has 0 bridgehead atoms. The molecule has 0 aliphatic heterocycles. The summed E-state index contributed by atoms with van der Waals surface area (Å²) in [5.41, 5.74) is 5.06. The smallest absolute Gasteiger partial charge is 0.119 e. The second-order valence-electron chi connectivity index (χ2n) is 6.58. The Labute approximate surface area is 147 Å². The molecular weight excluding hydrogens is 294 g/mol. The summed E-state index contributed by atoms with van der Waals surface area (Å²) in [5, 5.41) is 3.51. The van der Waals surface area contributed by atoms with E-state index < -0.39 is 0 Å². The lowest BCUT2D eigenvalue weighted by molar-refractivity contribution is 0.304. The molecule has 0 spiro atoms. The third-order valence-electron chi connectivity index (χ3n) is 4.30. The number of nitrogens with one attached hydrogen (secondary N) is 1. The summed E-state index contributed by atoms with van der Waals surface area (Å²) in [7, 11) is 0. The molecule has 2 aromatic carbocycles. The predicted molar refractivity (Wildman–Crippen MR) is 104 cm³/mol. The van der Waals surface area contributed by atoms with Crippen molar-refractivity contribution in [2.45, 2.75) is 59.4 Å². The highest BCUT2D eigenvalue weighted by Crippen LogP contribution is 2.18. The van der Waals surface area contributed by atoms with Crippen LogP contribution in [0.15, 0.2) is 42.5 Å². The van der Waals surface area contributed by atoms with Crippen LogP contribution in [0.25, 0.3) is 0 Å². The van der Waals surface area contributed by atoms with E-state index in [4.69, 9.17) is 4.74 Å². The molecule has 1 N–H and O–H groups in total. The molecule has 2 nitrogen and oxygen atoms in total. The zero-order valence-corrected chi connectivity index (χ0v) is 15.4. The van der Waals surface area contributed by atoms with Crippen LogP contribution in [-0.2, 0) is 6.54 Å². The molecule has 130 valence electrons. The lowest BCUT2D eigenvalue weighted by Crippen LogP contribution is -2.02. The zero-order chi connectivity index (χ0) is 17.2. The van der Waals surface area contributed by atoms with Gasteiger partial charge in [-0.1, -0.05) is 62.4 Å². The molecule has 0 saturated carbocycles. The number of hydrogen-bond donors (Lipinski definition) is 1. The highest BCUT2D eigenvalue weighted by molar-refractivity contribution is 5.52. The highest BCUT2D eigenvalue weighted by atomic mass is 16.5. The Morgan fingerprint density at radius 2 is 1.62 bits per heavy atom. The van der Waals surface area contributed by atoms with Crippen molar-refractivity contribution in [2.75, 3.05) is 11.9 Å². The Kier molecular flexibility index (Phi) is 7.67. The average molecular weight is 325 g/mol. The average Bonchev–Trinajstić information content (AvgIpc) is 2.58. The summed E-state index contributed by atoms with van der Waals surface area (Å²) >= 11 is 0. The molecule has 24 heavy (non-hydrogen) atoms. The van der Waals surface area contributed by atoms with Crippen LogP contribution in [0, 0.1) is 13.8 Å². The van der Waals surface area contributed by atoms with E-state index in [0.717, 1.165) is 25.3 Å². The van der Waals surface area contributed by atoms with E-state index in [9.17, 15) is 0 Å². The summed E-state index contributed by atoms with van der Waals surface area (Å²) in [4.78, 5) is 0. The van der Waals surface area contributed by atoms with Crippen LogP contribution in [0.2, 0.25) is 0 Å². The summed E-state index contributed by atoms with van der Waals surface area (Å²) in [5.74, 6) is 0.973. The topological polar surface area (TPSA) is 21.3 Å². The molecule has 2 aromatic rings. The fourth-order valence-corrected chi connectivity index (χ4v) is 2.81. The SMILES string of the molecule is CCCCCCCOc1ccc(CNc2ccc(C)cc2C)cc1. The Hall–Kier alpha value is -1.96. The fraction of sp³-hybridized carbons (Fsp3) is 0.455. The van der Waals surface area contributed by atoms with Gasteiger partial charge in [0.25, 0.3) is 0 Å². The molecular formula is C22H31NO. The summed E-state index contributed by atoms with van der Waals surface area (Å²) in [6.07, 6.45) is 6.37. The van der Waals surface area contributed by atoms with Gasteiger partial charge in [0.2, 0.25) is 0 Å². The first kappa shape index (κ1) is 18.4. The Morgan fingerprint density at radius 1 is 0.875 bits per heavy atom. The lowest BCUT2D eigenvalue weighted by atomic mass is 10.1. The van der Waals surface area contributed by atoms with E-state index in [1.54, 1.807) is 0 Å². The maximum absolute atomic E-state index is 5.82. The van der Waals surface area contributed by atoms with Gasteiger partial charge in [0.15, 0.2) is 0 Å². The summed E-state index contributed by atoms with van der Waals surface area (Å²) < 4.78 is 5.82. The van der Waals surface area contributed by atoms with Gasteiger partial charge < -0.3 is 10.1 Å². The molecule has 0 unspecified atom stereocenters. The number of hydrogen-bond acceptors (Lipinski definition) is 2. The minimum Gasteiger partial charge on any atom is -0.494 e. The molecule has 0 fully saturated rings. The van der Waals surface area contributed by atoms with Gasteiger partial charge in [0.1, 0.15) is 5.75 Å². The molecule has 2 heteroatoms. The van der Waals surface area contributed by atoms with E-state index in [1.807, 2.05) is 0 Å². The third kappa shape index (κ3) is 6.27. The van der Waals surface area contributed by atoms with Crippen LogP contribution in [-0.4, -0.2) is 6.61 Å². The number of unbranched alkanes of at least 4 members (excludes halogenated alkanes) is 4. The van der Waals surface area contributed by atoms with E-state index in [1.165, 1.54) is 48.1 Å². The Balaban J connectivity index is 1.73. The third-order valence-corrected chi connectivity index (χ3v) is 4.30. The molecule has 2 rings (SSSR count). The van der Waals surface area contributed by atoms with E-state index in [2.05, 4.69) is 68.6 Å². The van der Waals surface area contributed by atoms with Crippen LogP contribution < -0.4 is 10.1 Å². The number of ether oxygens (including phenoxy) is 1.